The molecule has 0 saturated heterocycles. The van der Waals surface area contributed by atoms with Gasteiger partial charge in [0.05, 0.1) is 0 Å². The molecule has 1 aromatic carbocycles. The van der Waals surface area contributed by atoms with E-state index in [1.807, 2.05) is 24.3 Å². The molecule has 0 bridgehead atoms. The first-order valence-electron chi connectivity index (χ1n) is 4.56. The molecule has 0 aromatic heterocycles. The SMILES string of the molecule is O=C1c2ccccc2CC[C@@H]1CS. The lowest BCUT2D eigenvalue weighted by Crippen LogP contribution is -2.23. The fourth-order valence-corrected chi connectivity index (χ4v) is 2.18. The van der Waals surface area contributed by atoms with Gasteiger partial charge in [-0.25, -0.2) is 0 Å². The number of Topliss-reactive ketones (excluding diaryl/α,β-unsaturated/α-hetero) is 1. The number of ketones is 1. The first-order valence-corrected chi connectivity index (χ1v) is 5.19. The molecule has 0 N–H and O–H groups in total. The van der Waals surface area contributed by atoms with Gasteiger partial charge in [-0.15, -0.1) is 0 Å². The van der Waals surface area contributed by atoms with Crippen LogP contribution >= 0.6 is 12.6 Å². The molecule has 0 spiro atoms. The Morgan fingerprint density at radius 3 is 2.92 bits per heavy atom. The van der Waals surface area contributed by atoms with Crippen molar-refractivity contribution in [3.63, 3.8) is 0 Å². The first kappa shape index (κ1) is 8.82. The molecular weight excluding hydrogens is 180 g/mol. The lowest BCUT2D eigenvalue weighted by molar-refractivity contribution is 0.0917. The van der Waals surface area contributed by atoms with Crippen molar-refractivity contribution in [2.24, 2.45) is 5.92 Å². The predicted molar refractivity (Wildman–Crippen MR) is 56.4 cm³/mol. The van der Waals surface area contributed by atoms with Crippen molar-refractivity contribution in [1.29, 1.82) is 0 Å². The fourth-order valence-electron chi connectivity index (χ4n) is 1.83. The number of hydrogen-bond acceptors (Lipinski definition) is 2. The number of thiol groups is 1. The molecular formula is C11H12OS. The van der Waals surface area contributed by atoms with E-state index in [2.05, 4.69) is 12.6 Å². The molecule has 1 atom stereocenters. The van der Waals surface area contributed by atoms with Crippen molar-refractivity contribution in [1.82, 2.24) is 0 Å². The number of carbonyl (C=O) groups excluding carboxylic acids is 1. The van der Waals surface area contributed by atoms with Crippen molar-refractivity contribution in [2.45, 2.75) is 12.8 Å². The van der Waals surface area contributed by atoms with Gasteiger partial charge in [0.1, 0.15) is 0 Å². The number of carbonyl (C=O) groups is 1. The summed E-state index contributed by atoms with van der Waals surface area (Å²) in [5.41, 5.74) is 2.11. The van der Waals surface area contributed by atoms with E-state index in [9.17, 15) is 4.79 Å². The molecule has 0 radical (unpaired) electrons. The van der Waals surface area contributed by atoms with Crippen LogP contribution in [0.25, 0.3) is 0 Å². The van der Waals surface area contributed by atoms with E-state index in [1.54, 1.807) is 0 Å². The topological polar surface area (TPSA) is 17.1 Å². The average molecular weight is 192 g/mol. The monoisotopic (exact) mass is 192 g/mol. The maximum absolute atomic E-state index is 11.8. The van der Waals surface area contributed by atoms with E-state index in [-0.39, 0.29) is 11.7 Å². The van der Waals surface area contributed by atoms with Gasteiger partial charge in [-0.05, 0) is 18.4 Å². The largest absolute Gasteiger partial charge is 0.294 e. The maximum Gasteiger partial charge on any atom is 0.167 e. The van der Waals surface area contributed by atoms with Gasteiger partial charge in [-0.3, -0.25) is 4.79 Å². The van der Waals surface area contributed by atoms with Crippen LogP contribution in [0.15, 0.2) is 24.3 Å². The number of benzene rings is 1. The highest BCUT2D eigenvalue weighted by Gasteiger charge is 2.25. The zero-order chi connectivity index (χ0) is 9.26. The minimum absolute atomic E-state index is 0.137. The summed E-state index contributed by atoms with van der Waals surface area (Å²) >= 11 is 4.19. The summed E-state index contributed by atoms with van der Waals surface area (Å²) < 4.78 is 0. The van der Waals surface area contributed by atoms with Crippen LogP contribution in [-0.4, -0.2) is 11.5 Å². The summed E-state index contributed by atoms with van der Waals surface area (Å²) in [6.45, 7) is 0. The molecule has 0 unspecified atom stereocenters. The summed E-state index contributed by atoms with van der Waals surface area (Å²) in [6, 6.07) is 7.89. The average Bonchev–Trinajstić information content (AvgIpc) is 2.19. The number of hydrogen-bond donors (Lipinski definition) is 1. The number of rotatable bonds is 1. The normalized spacial score (nSPS) is 21.3. The minimum atomic E-state index is 0.137. The van der Waals surface area contributed by atoms with Gasteiger partial charge < -0.3 is 0 Å². The zero-order valence-corrected chi connectivity index (χ0v) is 8.26. The van der Waals surface area contributed by atoms with Gasteiger partial charge in [0.2, 0.25) is 0 Å². The second-order valence-electron chi connectivity index (χ2n) is 3.44. The van der Waals surface area contributed by atoms with Crippen LogP contribution in [0.2, 0.25) is 0 Å². The Labute approximate surface area is 83.6 Å². The summed E-state index contributed by atoms with van der Waals surface area (Å²) in [6.07, 6.45) is 1.98. The predicted octanol–water partition coefficient (Wildman–Crippen LogP) is 2.36. The van der Waals surface area contributed by atoms with E-state index in [4.69, 9.17) is 0 Å². The van der Waals surface area contributed by atoms with Gasteiger partial charge in [-0.2, -0.15) is 12.6 Å². The van der Waals surface area contributed by atoms with Crippen molar-refractivity contribution in [3.05, 3.63) is 35.4 Å². The van der Waals surface area contributed by atoms with Gasteiger partial charge in [0.15, 0.2) is 5.78 Å². The van der Waals surface area contributed by atoms with Gasteiger partial charge in [-0.1, -0.05) is 24.3 Å². The molecule has 13 heavy (non-hydrogen) atoms. The molecule has 0 amide bonds. The smallest absolute Gasteiger partial charge is 0.167 e. The Morgan fingerprint density at radius 2 is 2.15 bits per heavy atom. The summed E-state index contributed by atoms with van der Waals surface area (Å²) in [5.74, 6) is 1.09. The van der Waals surface area contributed by atoms with Crippen molar-refractivity contribution < 1.29 is 4.79 Å². The third-order valence-electron chi connectivity index (χ3n) is 2.64. The second-order valence-corrected chi connectivity index (χ2v) is 3.80. The van der Waals surface area contributed by atoms with Crippen LogP contribution < -0.4 is 0 Å². The van der Waals surface area contributed by atoms with Crippen LogP contribution in [0.3, 0.4) is 0 Å². The molecule has 0 fully saturated rings. The Balaban J connectivity index is 2.39. The van der Waals surface area contributed by atoms with E-state index >= 15 is 0 Å². The van der Waals surface area contributed by atoms with E-state index in [0.717, 1.165) is 18.4 Å². The van der Waals surface area contributed by atoms with E-state index in [1.165, 1.54) is 5.56 Å². The van der Waals surface area contributed by atoms with Crippen LogP contribution in [0.4, 0.5) is 0 Å². The highest BCUT2D eigenvalue weighted by atomic mass is 32.1. The molecule has 68 valence electrons. The lowest BCUT2D eigenvalue weighted by atomic mass is 9.84. The lowest BCUT2D eigenvalue weighted by Gasteiger charge is -2.21. The van der Waals surface area contributed by atoms with Gasteiger partial charge in [0, 0.05) is 17.2 Å². The second kappa shape index (κ2) is 3.54. The Morgan fingerprint density at radius 1 is 1.38 bits per heavy atom. The first-order chi connectivity index (χ1) is 6.33. The van der Waals surface area contributed by atoms with Crippen LogP contribution in [0.1, 0.15) is 22.3 Å². The number of aryl methyl sites for hydroxylation is 1. The third kappa shape index (κ3) is 1.51. The summed E-state index contributed by atoms with van der Waals surface area (Å²) in [7, 11) is 0. The zero-order valence-electron chi connectivity index (χ0n) is 7.36. The quantitative estimate of drug-likeness (QED) is 0.676. The summed E-state index contributed by atoms with van der Waals surface area (Å²) in [5, 5.41) is 0. The van der Waals surface area contributed by atoms with E-state index in [0.29, 0.717) is 5.75 Å². The molecule has 2 heteroatoms. The van der Waals surface area contributed by atoms with Crippen LogP contribution in [0.5, 0.6) is 0 Å². The molecule has 1 aromatic rings. The Kier molecular flexibility index (Phi) is 2.40. The molecule has 1 aliphatic rings. The molecule has 1 nitrogen and oxygen atoms in total. The van der Waals surface area contributed by atoms with E-state index < -0.39 is 0 Å². The van der Waals surface area contributed by atoms with Crippen molar-refractivity contribution >= 4 is 18.4 Å². The molecule has 1 aliphatic carbocycles. The Hall–Kier alpha value is -0.760. The van der Waals surface area contributed by atoms with Crippen molar-refractivity contribution in [3.8, 4) is 0 Å². The molecule has 0 heterocycles. The Bertz CT molecular complexity index is 333. The van der Waals surface area contributed by atoms with Crippen molar-refractivity contribution in [2.75, 3.05) is 5.75 Å². The van der Waals surface area contributed by atoms with Crippen LogP contribution in [-0.2, 0) is 6.42 Å². The highest BCUT2D eigenvalue weighted by Crippen LogP contribution is 2.25. The highest BCUT2D eigenvalue weighted by molar-refractivity contribution is 7.80. The van der Waals surface area contributed by atoms with Crippen LogP contribution in [0, 0.1) is 5.92 Å². The standard InChI is InChI=1S/C11H12OS/c12-11-9(7-13)6-5-8-3-1-2-4-10(8)11/h1-4,9,13H,5-7H2/t9-/m1/s1. The third-order valence-corrected chi connectivity index (χ3v) is 3.08. The molecule has 0 aliphatic heterocycles. The maximum atomic E-state index is 11.8. The molecule has 0 saturated carbocycles. The molecule has 2 rings (SSSR count). The van der Waals surface area contributed by atoms with Gasteiger partial charge >= 0.3 is 0 Å². The minimum Gasteiger partial charge on any atom is -0.294 e. The van der Waals surface area contributed by atoms with Gasteiger partial charge in [0.25, 0.3) is 0 Å². The fraction of sp³-hybridized carbons (Fsp3) is 0.364. The summed E-state index contributed by atoms with van der Waals surface area (Å²) in [4.78, 5) is 11.8. The number of fused-ring (bicyclic) bond motifs is 1.